The number of nitro benzene ring substituents is 1. The second-order valence-electron chi connectivity index (χ2n) is 4.65. The van der Waals surface area contributed by atoms with Gasteiger partial charge in [-0.2, -0.15) is 0 Å². The number of benzene rings is 2. The van der Waals surface area contributed by atoms with Crippen molar-refractivity contribution in [1.29, 1.82) is 0 Å². The van der Waals surface area contributed by atoms with Gasteiger partial charge >= 0.3 is 11.8 Å². The molecule has 0 bridgehead atoms. The normalized spacial score (nSPS) is 10.0. The number of ether oxygens (including phenoxy) is 1. The van der Waals surface area contributed by atoms with E-state index in [1.165, 1.54) is 31.4 Å². The Hall–Kier alpha value is -2.84. The first-order valence-corrected chi connectivity index (χ1v) is 7.48. The minimum absolute atomic E-state index is 0.0381. The van der Waals surface area contributed by atoms with E-state index in [-0.39, 0.29) is 32.9 Å². The Balaban J connectivity index is 2.15. The number of carbonyl (C=O) groups excluding carboxylic acids is 2. The number of methoxy groups -OCH3 is 1. The van der Waals surface area contributed by atoms with Crippen molar-refractivity contribution in [3.8, 4) is 5.75 Å². The lowest BCUT2D eigenvalue weighted by atomic mass is 10.2. The van der Waals surface area contributed by atoms with Crippen molar-refractivity contribution in [3.63, 3.8) is 0 Å². The molecule has 2 aromatic rings. The molecule has 0 unspecified atom stereocenters. The Bertz CT molecular complexity index is 857. The Kier molecular flexibility index (Phi) is 5.79. The van der Waals surface area contributed by atoms with Gasteiger partial charge in [0.15, 0.2) is 0 Å². The number of non-ortho nitro benzene ring substituents is 1. The van der Waals surface area contributed by atoms with Crippen LogP contribution in [0.3, 0.4) is 0 Å². The van der Waals surface area contributed by atoms with Gasteiger partial charge in [0.05, 0.1) is 39.5 Å². The van der Waals surface area contributed by atoms with Crippen molar-refractivity contribution < 1.29 is 19.2 Å². The minimum atomic E-state index is -1.01. The third-order valence-corrected chi connectivity index (χ3v) is 3.87. The lowest BCUT2D eigenvalue weighted by molar-refractivity contribution is -0.384. The van der Waals surface area contributed by atoms with E-state index in [0.29, 0.717) is 0 Å². The van der Waals surface area contributed by atoms with Crippen LogP contribution in [0.15, 0.2) is 36.4 Å². The average molecular weight is 384 g/mol. The molecule has 0 saturated heterocycles. The van der Waals surface area contributed by atoms with Crippen LogP contribution in [0.1, 0.15) is 0 Å². The van der Waals surface area contributed by atoms with Crippen molar-refractivity contribution in [1.82, 2.24) is 0 Å². The molecule has 8 nitrogen and oxygen atoms in total. The first kappa shape index (κ1) is 18.5. The van der Waals surface area contributed by atoms with Gasteiger partial charge in [-0.1, -0.05) is 29.3 Å². The number of amides is 2. The number of carbonyl (C=O) groups is 2. The Labute approximate surface area is 151 Å². The number of nitrogens with zero attached hydrogens (tertiary/aromatic N) is 1. The van der Waals surface area contributed by atoms with Gasteiger partial charge in [0.2, 0.25) is 0 Å². The summed E-state index contributed by atoms with van der Waals surface area (Å²) in [6.45, 7) is 0. The van der Waals surface area contributed by atoms with Gasteiger partial charge in [-0.15, -0.1) is 0 Å². The summed E-state index contributed by atoms with van der Waals surface area (Å²) in [5, 5.41) is 15.7. The molecule has 130 valence electrons. The van der Waals surface area contributed by atoms with Crippen LogP contribution in [0.2, 0.25) is 10.0 Å². The number of halogens is 2. The summed E-state index contributed by atoms with van der Waals surface area (Å²) >= 11 is 11.8. The molecular formula is C15H11Cl2N3O5. The molecule has 25 heavy (non-hydrogen) atoms. The average Bonchev–Trinajstić information content (AvgIpc) is 2.58. The van der Waals surface area contributed by atoms with Crippen molar-refractivity contribution in [2.24, 2.45) is 0 Å². The van der Waals surface area contributed by atoms with E-state index in [9.17, 15) is 19.7 Å². The quantitative estimate of drug-likeness (QED) is 0.476. The maximum absolute atomic E-state index is 12.0. The summed E-state index contributed by atoms with van der Waals surface area (Å²) < 4.78 is 4.98. The highest BCUT2D eigenvalue weighted by atomic mass is 35.5. The second kappa shape index (κ2) is 7.82. The second-order valence-corrected chi connectivity index (χ2v) is 5.44. The van der Waals surface area contributed by atoms with Gasteiger partial charge < -0.3 is 15.4 Å². The molecule has 0 heterocycles. The first-order chi connectivity index (χ1) is 11.8. The third kappa shape index (κ3) is 4.37. The lowest BCUT2D eigenvalue weighted by Gasteiger charge is -2.11. The van der Waals surface area contributed by atoms with Gasteiger partial charge in [-0.25, -0.2) is 0 Å². The van der Waals surface area contributed by atoms with E-state index in [4.69, 9.17) is 27.9 Å². The molecule has 2 aromatic carbocycles. The highest BCUT2D eigenvalue weighted by Crippen LogP contribution is 2.30. The van der Waals surface area contributed by atoms with Crippen molar-refractivity contribution in [2.75, 3.05) is 17.7 Å². The Morgan fingerprint density at radius 2 is 1.72 bits per heavy atom. The SMILES string of the molecule is COc1cc([N+](=O)[O-])ccc1NC(=O)C(=O)Nc1cccc(Cl)c1Cl. The number of rotatable bonds is 4. The first-order valence-electron chi connectivity index (χ1n) is 6.72. The summed E-state index contributed by atoms with van der Waals surface area (Å²) in [6, 6.07) is 8.12. The predicted octanol–water partition coefficient (Wildman–Crippen LogP) is 3.49. The fourth-order valence-electron chi connectivity index (χ4n) is 1.86. The summed E-state index contributed by atoms with van der Waals surface area (Å²) in [7, 11) is 1.28. The lowest BCUT2D eigenvalue weighted by Crippen LogP contribution is -2.29. The Morgan fingerprint density at radius 1 is 1.08 bits per heavy atom. The number of hydrogen-bond acceptors (Lipinski definition) is 5. The summed E-state index contributed by atoms with van der Waals surface area (Å²) in [5.41, 5.74) is 0.0560. The van der Waals surface area contributed by atoms with Crippen molar-refractivity contribution in [2.45, 2.75) is 0 Å². The van der Waals surface area contributed by atoms with E-state index >= 15 is 0 Å². The molecule has 2 amide bonds. The number of hydrogen-bond donors (Lipinski definition) is 2. The molecule has 2 N–H and O–H groups in total. The van der Waals surface area contributed by atoms with Crippen LogP contribution in [-0.2, 0) is 9.59 Å². The highest BCUT2D eigenvalue weighted by Gasteiger charge is 2.19. The molecule has 10 heteroatoms. The molecule has 0 aliphatic rings. The van der Waals surface area contributed by atoms with E-state index in [2.05, 4.69) is 10.6 Å². The zero-order valence-electron chi connectivity index (χ0n) is 12.7. The molecule has 0 aliphatic heterocycles. The zero-order chi connectivity index (χ0) is 18.6. The van der Waals surface area contributed by atoms with Crippen LogP contribution in [0.5, 0.6) is 5.75 Å². The van der Waals surface area contributed by atoms with Gasteiger partial charge in [0, 0.05) is 6.07 Å². The number of nitro groups is 1. The zero-order valence-corrected chi connectivity index (χ0v) is 14.2. The van der Waals surface area contributed by atoms with Gasteiger partial charge in [0.1, 0.15) is 5.75 Å². The van der Waals surface area contributed by atoms with Crippen LogP contribution >= 0.6 is 23.2 Å². The van der Waals surface area contributed by atoms with Crippen molar-refractivity contribution in [3.05, 3.63) is 56.6 Å². The monoisotopic (exact) mass is 383 g/mol. The standard InChI is InChI=1S/C15H11Cl2N3O5/c1-25-12-7-8(20(23)24)5-6-10(12)18-14(21)15(22)19-11-4-2-3-9(16)13(11)17/h2-7H,1H3,(H,18,21)(H,19,22). The van der Waals surface area contributed by atoms with Gasteiger partial charge in [-0.05, 0) is 18.2 Å². The topological polar surface area (TPSA) is 111 Å². The number of anilines is 2. The Morgan fingerprint density at radius 3 is 2.32 bits per heavy atom. The molecule has 0 aliphatic carbocycles. The summed E-state index contributed by atoms with van der Waals surface area (Å²) in [6.07, 6.45) is 0. The fourth-order valence-corrected chi connectivity index (χ4v) is 2.20. The van der Waals surface area contributed by atoms with Crippen LogP contribution in [-0.4, -0.2) is 23.8 Å². The van der Waals surface area contributed by atoms with Crippen molar-refractivity contribution >= 4 is 52.1 Å². The maximum atomic E-state index is 12.0. The van der Waals surface area contributed by atoms with Gasteiger partial charge in [0.25, 0.3) is 5.69 Å². The van der Waals surface area contributed by atoms with E-state index in [1.54, 1.807) is 6.07 Å². The van der Waals surface area contributed by atoms with E-state index < -0.39 is 16.7 Å². The number of nitrogens with one attached hydrogen (secondary N) is 2. The summed E-state index contributed by atoms with van der Waals surface area (Å²) in [5.74, 6) is -1.97. The fraction of sp³-hybridized carbons (Fsp3) is 0.0667. The van der Waals surface area contributed by atoms with Crippen LogP contribution in [0.4, 0.5) is 17.1 Å². The summed E-state index contributed by atoms with van der Waals surface area (Å²) in [4.78, 5) is 34.1. The molecular weight excluding hydrogens is 373 g/mol. The molecule has 0 atom stereocenters. The molecule has 0 fully saturated rings. The largest absolute Gasteiger partial charge is 0.494 e. The molecule has 0 saturated carbocycles. The van der Waals surface area contributed by atoms with Gasteiger partial charge in [-0.3, -0.25) is 19.7 Å². The highest BCUT2D eigenvalue weighted by molar-refractivity contribution is 6.47. The molecule has 0 aromatic heterocycles. The molecule has 0 radical (unpaired) electrons. The third-order valence-electron chi connectivity index (χ3n) is 3.05. The van der Waals surface area contributed by atoms with Crippen LogP contribution in [0.25, 0.3) is 0 Å². The minimum Gasteiger partial charge on any atom is -0.494 e. The molecule has 0 spiro atoms. The van der Waals surface area contributed by atoms with Crippen LogP contribution < -0.4 is 15.4 Å². The predicted molar refractivity (Wildman–Crippen MR) is 93.4 cm³/mol. The molecule has 2 rings (SSSR count). The van der Waals surface area contributed by atoms with E-state index in [1.807, 2.05) is 0 Å². The maximum Gasteiger partial charge on any atom is 0.314 e. The van der Waals surface area contributed by atoms with E-state index in [0.717, 1.165) is 6.07 Å². The smallest absolute Gasteiger partial charge is 0.314 e. The van der Waals surface area contributed by atoms with Crippen LogP contribution in [0, 0.1) is 10.1 Å².